The van der Waals surface area contributed by atoms with Gasteiger partial charge in [0, 0.05) is 5.69 Å². The van der Waals surface area contributed by atoms with Gasteiger partial charge in [0.1, 0.15) is 5.82 Å². The number of carbonyl (C=O) groups is 2. The van der Waals surface area contributed by atoms with E-state index in [4.69, 9.17) is 5.11 Å². The fraction of sp³-hybridized carbons (Fsp3) is 0.400. The summed E-state index contributed by atoms with van der Waals surface area (Å²) in [5.74, 6) is -6.50. The van der Waals surface area contributed by atoms with Crippen molar-refractivity contribution in [3.05, 3.63) is 51.5 Å². The van der Waals surface area contributed by atoms with Crippen LogP contribution in [0.15, 0.2) is 30.3 Å². The second kappa shape index (κ2) is 9.89. The minimum Gasteiger partial charge on any atom is -0.394 e. The number of nitrogens with one attached hydrogen (secondary N) is 2. The molecule has 0 saturated carbocycles. The fourth-order valence-corrected chi connectivity index (χ4v) is 2.95. The molecule has 2 amide bonds. The molecule has 29 heavy (non-hydrogen) atoms. The zero-order valence-electron chi connectivity index (χ0n) is 16.9. The van der Waals surface area contributed by atoms with Gasteiger partial charge in [-0.05, 0) is 56.7 Å². The van der Waals surface area contributed by atoms with E-state index < -0.39 is 40.6 Å². The van der Waals surface area contributed by atoms with Crippen LogP contribution in [0.25, 0.3) is 0 Å². The van der Waals surface area contributed by atoms with Crippen LogP contribution in [0, 0.1) is 12.7 Å². The topological polar surface area (TPSA) is 78.4 Å². The quantitative estimate of drug-likeness (QED) is 0.634. The number of aliphatic hydroxyl groups is 1. The minimum absolute atomic E-state index is 0.0270. The number of amides is 2. The number of carbonyl (C=O) groups excluding carboxylic acids is 2. The zero-order valence-corrected chi connectivity index (χ0v) is 17.7. The normalized spacial score (nSPS) is 11.3. The Kier molecular flexibility index (Phi) is 8.40. The number of rotatable bonds is 6. The van der Waals surface area contributed by atoms with Crippen molar-refractivity contribution in [2.45, 2.75) is 46.1 Å². The van der Waals surface area contributed by atoms with E-state index in [1.807, 2.05) is 13.8 Å². The Morgan fingerprint density at radius 3 is 2.31 bits per heavy atom. The summed E-state index contributed by atoms with van der Waals surface area (Å²) in [6.07, 6.45) is 0. The van der Waals surface area contributed by atoms with E-state index in [9.17, 15) is 22.8 Å². The van der Waals surface area contributed by atoms with Crippen molar-refractivity contribution in [2.24, 2.45) is 0 Å². The summed E-state index contributed by atoms with van der Waals surface area (Å²) >= 11 is 0.477. The van der Waals surface area contributed by atoms with Crippen molar-refractivity contribution < 1.29 is 27.9 Å². The Hall–Kier alpha value is -2.39. The number of aliphatic hydroxyl groups excluding tert-OH is 1. The van der Waals surface area contributed by atoms with Gasteiger partial charge in [0.05, 0.1) is 21.9 Å². The summed E-state index contributed by atoms with van der Waals surface area (Å²) in [5, 5.41) is 13.7. The largest absolute Gasteiger partial charge is 0.394 e. The van der Waals surface area contributed by atoms with E-state index in [0.717, 1.165) is 6.07 Å². The van der Waals surface area contributed by atoms with Gasteiger partial charge < -0.3 is 15.7 Å². The Morgan fingerprint density at radius 2 is 1.76 bits per heavy atom. The molecule has 9 heteroatoms. The average molecular weight is 430 g/mol. The first-order chi connectivity index (χ1) is 13.5. The van der Waals surface area contributed by atoms with Gasteiger partial charge in [-0.1, -0.05) is 13.8 Å². The molecule has 5 nitrogen and oxygen atoms in total. The van der Waals surface area contributed by atoms with Crippen molar-refractivity contribution in [3.8, 4) is 0 Å². The van der Waals surface area contributed by atoms with Gasteiger partial charge in [-0.25, -0.2) is 4.39 Å². The lowest BCUT2D eigenvalue weighted by Crippen LogP contribution is -2.51. The molecule has 3 N–H and O–H groups in total. The monoisotopic (exact) mass is 430 g/mol. The molecule has 1 aromatic heterocycles. The molecule has 1 aromatic carbocycles. The van der Waals surface area contributed by atoms with Crippen LogP contribution in [-0.2, 0) is 10.7 Å². The lowest BCUT2D eigenvalue weighted by molar-refractivity contribution is -0.148. The maximum Gasteiger partial charge on any atom is 0.358 e. The second-order valence-electron chi connectivity index (χ2n) is 6.65. The molecule has 0 aliphatic heterocycles. The maximum absolute atomic E-state index is 14.4. The van der Waals surface area contributed by atoms with Crippen molar-refractivity contribution in [2.75, 3.05) is 11.9 Å². The molecular weight excluding hydrogens is 405 g/mol. The summed E-state index contributed by atoms with van der Waals surface area (Å²) in [7, 11) is 0. The summed E-state index contributed by atoms with van der Waals surface area (Å²) in [6, 6.07) is 6.14. The van der Waals surface area contributed by atoms with Crippen LogP contribution in [0.2, 0.25) is 0 Å². The second-order valence-corrected chi connectivity index (χ2v) is 7.74. The lowest BCUT2D eigenvalue weighted by Gasteiger charge is -2.26. The van der Waals surface area contributed by atoms with E-state index in [2.05, 4.69) is 10.6 Å². The summed E-state index contributed by atoms with van der Waals surface area (Å²) in [4.78, 5) is 23.5. The number of hydrogen-bond donors (Lipinski definition) is 3. The number of thiophene rings is 1. The molecule has 0 aliphatic rings. The lowest BCUT2D eigenvalue weighted by atomic mass is 10.1. The molecule has 1 heterocycles. The van der Waals surface area contributed by atoms with Crippen LogP contribution in [0.3, 0.4) is 0 Å². The highest BCUT2D eigenvalue weighted by Gasteiger charge is 2.44. The standard InChI is InChI=1S/C18H19F3N2O3S.C2H6/c1-10-8-11(4-5-12(10)19)22-15(25)13-6-7-14(27-13)18(20,21)16(26)23-17(2,3)9-24;1-2/h4-8,24H,9H2,1-3H3,(H,22,25)(H,23,26);1-2H3. The van der Waals surface area contributed by atoms with E-state index in [-0.39, 0.29) is 4.88 Å². The van der Waals surface area contributed by atoms with Gasteiger partial charge in [-0.15, -0.1) is 11.3 Å². The third-order valence-corrected chi connectivity index (χ3v) is 4.84. The molecule has 0 unspecified atom stereocenters. The number of alkyl halides is 2. The van der Waals surface area contributed by atoms with Gasteiger partial charge in [0.2, 0.25) is 0 Å². The number of anilines is 1. The van der Waals surface area contributed by atoms with Gasteiger partial charge in [0.15, 0.2) is 0 Å². The zero-order chi connectivity index (χ0) is 22.4. The van der Waals surface area contributed by atoms with Crippen LogP contribution in [0.4, 0.5) is 18.9 Å². The van der Waals surface area contributed by atoms with Gasteiger partial charge >= 0.3 is 5.92 Å². The van der Waals surface area contributed by atoms with Crippen LogP contribution in [0.5, 0.6) is 0 Å². The summed E-state index contributed by atoms with van der Waals surface area (Å²) in [5.41, 5.74) is -0.560. The number of halogens is 3. The molecule has 0 aliphatic carbocycles. The van der Waals surface area contributed by atoms with Crippen molar-refractivity contribution in [1.29, 1.82) is 0 Å². The maximum atomic E-state index is 14.4. The molecular formula is C20H25F3N2O3S. The van der Waals surface area contributed by atoms with Gasteiger partial charge in [-0.3, -0.25) is 9.59 Å². The van der Waals surface area contributed by atoms with E-state index in [1.54, 1.807) is 0 Å². The number of aryl methyl sites for hydroxylation is 1. The van der Waals surface area contributed by atoms with Crippen molar-refractivity contribution in [1.82, 2.24) is 5.32 Å². The van der Waals surface area contributed by atoms with E-state index in [0.29, 0.717) is 22.6 Å². The third-order valence-electron chi connectivity index (χ3n) is 3.69. The summed E-state index contributed by atoms with van der Waals surface area (Å²) < 4.78 is 42.0. The van der Waals surface area contributed by atoms with E-state index in [1.165, 1.54) is 45.0 Å². The molecule has 0 radical (unpaired) electrons. The molecule has 0 fully saturated rings. The fourth-order valence-electron chi connectivity index (χ4n) is 2.08. The molecule has 160 valence electrons. The first-order valence-corrected chi connectivity index (χ1v) is 9.77. The highest BCUT2D eigenvalue weighted by atomic mass is 32.1. The van der Waals surface area contributed by atoms with Crippen molar-refractivity contribution >= 4 is 28.8 Å². The predicted octanol–water partition coefficient (Wildman–Crippen LogP) is 4.45. The molecule has 0 atom stereocenters. The Bertz CT molecular complexity index is 866. The Morgan fingerprint density at radius 1 is 1.14 bits per heavy atom. The number of hydrogen-bond acceptors (Lipinski definition) is 4. The van der Waals surface area contributed by atoms with Crippen LogP contribution in [-0.4, -0.2) is 29.1 Å². The molecule has 0 bridgehead atoms. The highest BCUT2D eigenvalue weighted by Crippen LogP contribution is 2.34. The Labute approximate surface area is 171 Å². The van der Waals surface area contributed by atoms with Crippen LogP contribution in [0.1, 0.15) is 47.8 Å². The van der Waals surface area contributed by atoms with Gasteiger partial charge in [0.25, 0.3) is 11.8 Å². The first-order valence-electron chi connectivity index (χ1n) is 8.95. The van der Waals surface area contributed by atoms with Crippen LogP contribution >= 0.6 is 11.3 Å². The SMILES string of the molecule is CC.Cc1cc(NC(=O)c2ccc(C(F)(F)C(=O)NC(C)(C)CO)s2)ccc1F. The van der Waals surface area contributed by atoms with Gasteiger partial charge in [-0.2, -0.15) is 8.78 Å². The number of benzene rings is 1. The molecule has 2 rings (SSSR count). The van der Waals surface area contributed by atoms with Crippen molar-refractivity contribution in [3.63, 3.8) is 0 Å². The molecule has 0 spiro atoms. The van der Waals surface area contributed by atoms with E-state index >= 15 is 0 Å². The average Bonchev–Trinajstić information content (AvgIpc) is 3.17. The molecule has 0 saturated heterocycles. The highest BCUT2D eigenvalue weighted by molar-refractivity contribution is 7.14. The van der Waals surface area contributed by atoms with Crippen LogP contribution < -0.4 is 10.6 Å². The first kappa shape index (κ1) is 24.6. The third kappa shape index (κ3) is 6.30. The molecule has 2 aromatic rings. The summed E-state index contributed by atoms with van der Waals surface area (Å²) in [6.45, 7) is 7.82. The smallest absolute Gasteiger partial charge is 0.358 e. The predicted molar refractivity (Wildman–Crippen MR) is 108 cm³/mol. The minimum atomic E-state index is -3.86. The Balaban J connectivity index is 0.00000204.